The summed E-state index contributed by atoms with van der Waals surface area (Å²) in [7, 11) is 0. The maximum atomic E-state index is 12.7. The first-order chi connectivity index (χ1) is 9.99. The zero-order chi connectivity index (χ0) is 15.6. The molecule has 1 heterocycles. The highest BCUT2D eigenvalue weighted by Crippen LogP contribution is 2.27. The van der Waals surface area contributed by atoms with E-state index in [0.29, 0.717) is 18.8 Å². The quantitative estimate of drug-likeness (QED) is 0.926. The zero-order valence-electron chi connectivity index (χ0n) is 13.2. The van der Waals surface area contributed by atoms with Crippen LogP contribution in [0.5, 0.6) is 0 Å². The van der Waals surface area contributed by atoms with E-state index in [1.165, 1.54) is 5.56 Å². The average molecular weight is 288 g/mol. The SMILES string of the molecule is CCC1NC(=O)C(CC)N(c2cccc(C(C)C)c2)C1=O. The maximum absolute atomic E-state index is 12.7. The Kier molecular flexibility index (Phi) is 4.66. The topological polar surface area (TPSA) is 49.4 Å². The zero-order valence-corrected chi connectivity index (χ0v) is 13.2. The number of anilines is 1. The molecule has 0 aromatic heterocycles. The first kappa shape index (κ1) is 15.5. The first-order valence-corrected chi connectivity index (χ1v) is 7.73. The molecule has 1 aromatic rings. The summed E-state index contributed by atoms with van der Waals surface area (Å²) in [5.41, 5.74) is 2.00. The number of nitrogens with zero attached hydrogens (tertiary/aromatic N) is 1. The van der Waals surface area contributed by atoms with Crippen LogP contribution in [0.3, 0.4) is 0 Å². The lowest BCUT2D eigenvalue weighted by Gasteiger charge is -2.38. The molecular formula is C17H24N2O2. The summed E-state index contributed by atoms with van der Waals surface area (Å²) in [6.45, 7) is 8.09. The molecule has 1 aromatic carbocycles. The predicted molar refractivity (Wildman–Crippen MR) is 84.3 cm³/mol. The van der Waals surface area contributed by atoms with Crippen molar-refractivity contribution in [1.29, 1.82) is 0 Å². The van der Waals surface area contributed by atoms with Gasteiger partial charge in [0.15, 0.2) is 0 Å². The van der Waals surface area contributed by atoms with Crippen LogP contribution in [-0.2, 0) is 9.59 Å². The van der Waals surface area contributed by atoms with Crippen molar-refractivity contribution in [1.82, 2.24) is 5.32 Å². The number of nitrogens with one attached hydrogen (secondary N) is 1. The van der Waals surface area contributed by atoms with Crippen LogP contribution in [0, 0.1) is 0 Å². The van der Waals surface area contributed by atoms with Gasteiger partial charge in [-0.05, 0) is 36.5 Å². The Balaban J connectivity index is 2.43. The minimum absolute atomic E-state index is 0.00939. The number of hydrogen-bond donors (Lipinski definition) is 1. The fourth-order valence-corrected chi connectivity index (χ4v) is 2.75. The molecule has 1 aliphatic rings. The predicted octanol–water partition coefficient (Wildman–Crippen LogP) is 2.83. The van der Waals surface area contributed by atoms with Crippen LogP contribution in [-0.4, -0.2) is 23.9 Å². The second kappa shape index (κ2) is 6.29. The van der Waals surface area contributed by atoms with Crippen molar-refractivity contribution >= 4 is 17.5 Å². The Morgan fingerprint density at radius 3 is 2.48 bits per heavy atom. The molecule has 4 heteroatoms. The van der Waals surface area contributed by atoms with E-state index in [0.717, 1.165) is 5.69 Å². The number of hydrogen-bond acceptors (Lipinski definition) is 2. The molecule has 0 saturated carbocycles. The van der Waals surface area contributed by atoms with Crippen LogP contribution in [0.4, 0.5) is 5.69 Å². The van der Waals surface area contributed by atoms with Gasteiger partial charge in [-0.3, -0.25) is 14.5 Å². The van der Waals surface area contributed by atoms with E-state index in [2.05, 4.69) is 25.2 Å². The smallest absolute Gasteiger partial charge is 0.250 e. The molecule has 1 fully saturated rings. The summed E-state index contributed by atoms with van der Waals surface area (Å²) in [5.74, 6) is 0.324. The van der Waals surface area contributed by atoms with E-state index in [4.69, 9.17) is 0 Å². The largest absolute Gasteiger partial charge is 0.342 e. The molecule has 1 N–H and O–H groups in total. The lowest BCUT2D eigenvalue weighted by Crippen LogP contribution is -2.63. The highest BCUT2D eigenvalue weighted by atomic mass is 16.2. The van der Waals surface area contributed by atoms with Crippen LogP contribution in [0.15, 0.2) is 24.3 Å². The molecule has 2 unspecified atom stereocenters. The molecule has 4 nitrogen and oxygen atoms in total. The number of benzene rings is 1. The third-order valence-corrected chi connectivity index (χ3v) is 4.08. The van der Waals surface area contributed by atoms with Gasteiger partial charge in [-0.15, -0.1) is 0 Å². The summed E-state index contributed by atoms with van der Waals surface area (Å²) in [4.78, 5) is 26.6. The lowest BCUT2D eigenvalue weighted by atomic mass is 9.99. The van der Waals surface area contributed by atoms with Gasteiger partial charge in [0.1, 0.15) is 12.1 Å². The Bertz CT molecular complexity index is 539. The molecule has 0 aliphatic carbocycles. The monoisotopic (exact) mass is 288 g/mol. The number of piperazine rings is 1. The number of carbonyl (C=O) groups excluding carboxylic acids is 2. The molecule has 0 bridgehead atoms. The Hall–Kier alpha value is -1.84. The molecule has 1 aliphatic heterocycles. The lowest BCUT2D eigenvalue weighted by molar-refractivity contribution is -0.134. The fourth-order valence-electron chi connectivity index (χ4n) is 2.75. The summed E-state index contributed by atoms with van der Waals surface area (Å²) in [5, 5.41) is 2.82. The van der Waals surface area contributed by atoms with Gasteiger partial charge < -0.3 is 5.32 Å². The van der Waals surface area contributed by atoms with Crippen LogP contribution >= 0.6 is 0 Å². The van der Waals surface area contributed by atoms with Crippen molar-refractivity contribution in [2.75, 3.05) is 4.90 Å². The number of rotatable bonds is 4. The van der Waals surface area contributed by atoms with Gasteiger partial charge in [-0.25, -0.2) is 0 Å². The Morgan fingerprint density at radius 2 is 1.90 bits per heavy atom. The summed E-state index contributed by atoms with van der Waals surface area (Å²) in [6, 6.07) is 7.12. The minimum atomic E-state index is -0.414. The standard InChI is InChI=1S/C17H24N2O2/c1-5-14-17(21)19(15(6-2)16(20)18-14)13-9-7-8-12(10-13)11(3)4/h7-11,14-15H,5-6H2,1-4H3,(H,18,20). The molecule has 114 valence electrons. The molecule has 0 radical (unpaired) electrons. The molecule has 1 saturated heterocycles. The molecule has 2 atom stereocenters. The van der Waals surface area contributed by atoms with Gasteiger partial charge >= 0.3 is 0 Å². The van der Waals surface area contributed by atoms with Crippen molar-refractivity contribution in [3.05, 3.63) is 29.8 Å². The van der Waals surface area contributed by atoms with E-state index < -0.39 is 12.1 Å². The van der Waals surface area contributed by atoms with Gasteiger partial charge in [0.2, 0.25) is 11.8 Å². The average Bonchev–Trinajstić information content (AvgIpc) is 2.48. The van der Waals surface area contributed by atoms with E-state index >= 15 is 0 Å². The third kappa shape index (κ3) is 2.94. The normalized spacial score (nSPS) is 22.6. The Labute approximate surface area is 126 Å². The molecule has 2 amide bonds. The van der Waals surface area contributed by atoms with Crippen LogP contribution in [0.1, 0.15) is 52.0 Å². The molecule has 0 spiro atoms. The van der Waals surface area contributed by atoms with E-state index in [-0.39, 0.29) is 11.8 Å². The van der Waals surface area contributed by atoms with Gasteiger partial charge in [0, 0.05) is 5.69 Å². The first-order valence-electron chi connectivity index (χ1n) is 7.73. The van der Waals surface area contributed by atoms with Crippen molar-refractivity contribution < 1.29 is 9.59 Å². The second-order valence-electron chi connectivity index (χ2n) is 5.85. The van der Waals surface area contributed by atoms with Gasteiger partial charge in [0.05, 0.1) is 0 Å². The van der Waals surface area contributed by atoms with Crippen LogP contribution in [0.2, 0.25) is 0 Å². The van der Waals surface area contributed by atoms with Crippen LogP contribution in [0.25, 0.3) is 0 Å². The number of amides is 2. The van der Waals surface area contributed by atoms with E-state index in [9.17, 15) is 9.59 Å². The summed E-state index contributed by atoms with van der Waals surface area (Å²) < 4.78 is 0. The minimum Gasteiger partial charge on any atom is -0.342 e. The van der Waals surface area contributed by atoms with Crippen molar-refractivity contribution in [3.8, 4) is 0 Å². The van der Waals surface area contributed by atoms with Crippen molar-refractivity contribution in [2.45, 2.75) is 58.5 Å². The highest BCUT2D eigenvalue weighted by molar-refractivity contribution is 6.08. The molecule has 2 rings (SSSR count). The summed E-state index contributed by atoms with van der Waals surface area (Å²) in [6.07, 6.45) is 1.22. The second-order valence-corrected chi connectivity index (χ2v) is 5.85. The van der Waals surface area contributed by atoms with E-state index in [1.807, 2.05) is 32.0 Å². The maximum Gasteiger partial charge on any atom is 0.250 e. The van der Waals surface area contributed by atoms with E-state index in [1.54, 1.807) is 4.90 Å². The van der Waals surface area contributed by atoms with Crippen molar-refractivity contribution in [2.24, 2.45) is 0 Å². The van der Waals surface area contributed by atoms with Gasteiger partial charge in [-0.1, -0.05) is 39.8 Å². The Morgan fingerprint density at radius 1 is 1.19 bits per heavy atom. The molecule has 21 heavy (non-hydrogen) atoms. The molecular weight excluding hydrogens is 264 g/mol. The highest BCUT2D eigenvalue weighted by Gasteiger charge is 2.39. The van der Waals surface area contributed by atoms with Crippen LogP contribution < -0.4 is 10.2 Å². The van der Waals surface area contributed by atoms with Gasteiger partial charge in [-0.2, -0.15) is 0 Å². The third-order valence-electron chi connectivity index (χ3n) is 4.08. The van der Waals surface area contributed by atoms with Crippen molar-refractivity contribution in [3.63, 3.8) is 0 Å². The number of carbonyl (C=O) groups is 2. The fraction of sp³-hybridized carbons (Fsp3) is 0.529. The summed E-state index contributed by atoms with van der Waals surface area (Å²) >= 11 is 0. The van der Waals surface area contributed by atoms with Gasteiger partial charge in [0.25, 0.3) is 0 Å².